The molecule has 0 amide bonds. The van der Waals surface area contributed by atoms with Gasteiger partial charge in [0, 0.05) is 17.1 Å². The van der Waals surface area contributed by atoms with Gasteiger partial charge in [-0.1, -0.05) is 29.3 Å². The van der Waals surface area contributed by atoms with E-state index >= 15 is 0 Å². The third-order valence-electron chi connectivity index (χ3n) is 4.18. The summed E-state index contributed by atoms with van der Waals surface area (Å²) in [6.45, 7) is 3.75. The first-order valence-corrected chi connectivity index (χ1v) is 9.11. The quantitative estimate of drug-likeness (QED) is 0.638. The average Bonchev–Trinajstić information content (AvgIpc) is 2.99. The van der Waals surface area contributed by atoms with Crippen molar-refractivity contribution in [2.75, 3.05) is 7.11 Å². The normalized spacial score (nSPS) is 11.7. The molecule has 2 aromatic carbocycles. The number of hydrogen-bond donors (Lipinski definition) is 1. The molecule has 0 spiro atoms. The van der Waals surface area contributed by atoms with E-state index in [1.54, 1.807) is 28.9 Å². The minimum Gasteiger partial charge on any atom is -0.494 e. The lowest BCUT2D eigenvalue weighted by molar-refractivity contribution is 0.386. The highest BCUT2D eigenvalue weighted by Gasteiger charge is 2.22. The van der Waals surface area contributed by atoms with Crippen molar-refractivity contribution < 1.29 is 9.13 Å². The number of benzene rings is 2. The number of hydrogen-bond acceptors (Lipinski definition) is 3. The third kappa shape index (κ3) is 4.26. The summed E-state index contributed by atoms with van der Waals surface area (Å²) in [5, 5.41) is 5.64. The van der Waals surface area contributed by atoms with E-state index in [1.165, 1.54) is 13.2 Å². The van der Waals surface area contributed by atoms with E-state index in [2.05, 4.69) is 5.10 Å². The molecule has 0 bridgehead atoms. The number of halogens is 3. The zero-order valence-electron chi connectivity index (χ0n) is 15.3. The van der Waals surface area contributed by atoms with Gasteiger partial charge < -0.3 is 10.5 Å². The molecular formula is C20H20Cl2FN3O. The lowest BCUT2D eigenvalue weighted by atomic mass is 10.0. The second-order valence-electron chi connectivity index (χ2n) is 6.90. The molecule has 0 saturated carbocycles. The third-order valence-corrected chi connectivity index (χ3v) is 4.72. The van der Waals surface area contributed by atoms with Gasteiger partial charge in [-0.3, -0.25) is 0 Å². The van der Waals surface area contributed by atoms with Crippen LogP contribution in [0.15, 0.2) is 42.5 Å². The van der Waals surface area contributed by atoms with Gasteiger partial charge in [0.05, 0.1) is 29.1 Å². The summed E-state index contributed by atoms with van der Waals surface area (Å²) in [5.41, 5.74) is 8.59. The molecule has 0 aliphatic carbocycles. The molecular weight excluding hydrogens is 388 g/mol. The van der Waals surface area contributed by atoms with Crippen molar-refractivity contribution in [3.63, 3.8) is 0 Å². The molecule has 2 N–H and O–H groups in total. The van der Waals surface area contributed by atoms with Crippen molar-refractivity contribution in [3.05, 3.63) is 75.3 Å². The largest absolute Gasteiger partial charge is 0.494 e. The van der Waals surface area contributed by atoms with Crippen LogP contribution < -0.4 is 10.5 Å². The van der Waals surface area contributed by atoms with Crippen LogP contribution in [0.1, 0.15) is 30.8 Å². The van der Waals surface area contributed by atoms with Crippen LogP contribution in [0.25, 0.3) is 5.69 Å². The molecule has 0 atom stereocenters. The van der Waals surface area contributed by atoms with Crippen LogP contribution in [0.4, 0.5) is 4.39 Å². The smallest absolute Gasteiger partial charge is 0.165 e. The Balaban J connectivity index is 2.08. The van der Waals surface area contributed by atoms with E-state index in [1.807, 2.05) is 26.0 Å². The van der Waals surface area contributed by atoms with Crippen molar-refractivity contribution in [2.45, 2.75) is 25.8 Å². The van der Waals surface area contributed by atoms with Crippen LogP contribution in [0, 0.1) is 5.82 Å². The van der Waals surface area contributed by atoms with Gasteiger partial charge in [-0.25, -0.2) is 9.07 Å². The number of methoxy groups -OCH3 is 1. The van der Waals surface area contributed by atoms with E-state index in [-0.39, 0.29) is 5.75 Å². The van der Waals surface area contributed by atoms with E-state index in [0.717, 1.165) is 11.3 Å². The highest BCUT2D eigenvalue weighted by molar-refractivity contribution is 6.35. The van der Waals surface area contributed by atoms with Gasteiger partial charge in [-0.15, -0.1) is 0 Å². The van der Waals surface area contributed by atoms with Crippen LogP contribution in [0.3, 0.4) is 0 Å². The summed E-state index contributed by atoms with van der Waals surface area (Å²) in [6.07, 6.45) is 0.447. The van der Waals surface area contributed by atoms with Gasteiger partial charge in [-0.05, 0) is 55.8 Å². The molecule has 0 radical (unpaired) electrons. The fraction of sp³-hybridized carbons (Fsp3) is 0.250. The number of aromatic nitrogens is 2. The van der Waals surface area contributed by atoms with Crippen LogP contribution in [0.5, 0.6) is 5.75 Å². The Bertz CT molecular complexity index is 980. The standard InChI is InChI=1S/C20H20Cl2FN3O/c1-20(2,24)19-11-14(8-12-4-7-18(27-3)16(23)9-12)26(25-19)17-6-5-13(21)10-15(17)22/h4-7,9-11H,8,24H2,1-3H3. The predicted molar refractivity (Wildman–Crippen MR) is 107 cm³/mol. The van der Waals surface area contributed by atoms with Crippen LogP contribution in [0.2, 0.25) is 10.0 Å². The molecule has 7 heteroatoms. The second kappa shape index (κ2) is 7.50. The molecule has 0 fully saturated rings. The molecule has 0 aliphatic rings. The monoisotopic (exact) mass is 407 g/mol. The van der Waals surface area contributed by atoms with Crippen molar-refractivity contribution in [1.29, 1.82) is 0 Å². The molecule has 27 heavy (non-hydrogen) atoms. The first kappa shape index (κ1) is 19.7. The molecule has 1 aromatic heterocycles. The average molecular weight is 408 g/mol. The lowest BCUT2D eigenvalue weighted by Crippen LogP contribution is -2.29. The van der Waals surface area contributed by atoms with Gasteiger partial charge in [0.25, 0.3) is 0 Å². The van der Waals surface area contributed by atoms with E-state index < -0.39 is 11.4 Å². The first-order chi connectivity index (χ1) is 12.7. The molecule has 0 unspecified atom stereocenters. The maximum atomic E-state index is 14.1. The SMILES string of the molecule is COc1ccc(Cc2cc(C(C)(C)N)nn2-c2ccc(Cl)cc2Cl)cc1F. The van der Waals surface area contributed by atoms with E-state index in [4.69, 9.17) is 33.7 Å². The topological polar surface area (TPSA) is 53.1 Å². The summed E-state index contributed by atoms with van der Waals surface area (Å²) in [4.78, 5) is 0. The van der Waals surface area contributed by atoms with Crippen molar-refractivity contribution >= 4 is 23.2 Å². The summed E-state index contributed by atoms with van der Waals surface area (Å²) in [7, 11) is 1.44. The summed E-state index contributed by atoms with van der Waals surface area (Å²) in [5.74, 6) is -0.207. The van der Waals surface area contributed by atoms with Crippen LogP contribution in [-0.4, -0.2) is 16.9 Å². The highest BCUT2D eigenvalue weighted by atomic mass is 35.5. The molecule has 1 heterocycles. The second-order valence-corrected chi connectivity index (χ2v) is 7.74. The molecule has 4 nitrogen and oxygen atoms in total. The predicted octanol–water partition coefficient (Wildman–Crippen LogP) is 5.11. The minimum absolute atomic E-state index is 0.205. The molecule has 0 saturated heterocycles. The Kier molecular flexibility index (Phi) is 5.47. The zero-order chi connectivity index (χ0) is 19.8. The van der Waals surface area contributed by atoms with Crippen molar-refractivity contribution in [2.24, 2.45) is 5.73 Å². The Morgan fingerprint density at radius 1 is 1.15 bits per heavy atom. The number of nitrogens with two attached hydrogens (primary N) is 1. The maximum absolute atomic E-state index is 14.1. The minimum atomic E-state index is -0.635. The fourth-order valence-electron chi connectivity index (χ4n) is 2.75. The van der Waals surface area contributed by atoms with Gasteiger partial charge >= 0.3 is 0 Å². The van der Waals surface area contributed by atoms with Gasteiger partial charge in [0.1, 0.15) is 0 Å². The van der Waals surface area contributed by atoms with Gasteiger partial charge in [-0.2, -0.15) is 5.10 Å². The maximum Gasteiger partial charge on any atom is 0.165 e. The number of rotatable bonds is 5. The van der Waals surface area contributed by atoms with Crippen molar-refractivity contribution in [3.8, 4) is 11.4 Å². The van der Waals surface area contributed by atoms with E-state index in [9.17, 15) is 4.39 Å². The molecule has 142 valence electrons. The Morgan fingerprint density at radius 2 is 1.89 bits per heavy atom. The summed E-state index contributed by atoms with van der Waals surface area (Å²) in [6, 6.07) is 12.0. The zero-order valence-corrected chi connectivity index (χ0v) is 16.8. The van der Waals surface area contributed by atoms with E-state index in [0.29, 0.717) is 27.8 Å². The highest BCUT2D eigenvalue weighted by Crippen LogP contribution is 2.29. The Hall–Kier alpha value is -2.08. The lowest BCUT2D eigenvalue weighted by Gasteiger charge is -2.14. The number of ether oxygens (including phenoxy) is 1. The van der Waals surface area contributed by atoms with Crippen LogP contribution >= 0.6 is 23.2 Å². The van der Waals surface area contributed by atoms with Gasteiger partial charge in [0.15, 0.2) is 11.6 Å². The molecule has 3 aromatic rings. The number of nitrogens with zero attached hydrogens (tertiary/aromatic N) is 2. The van der Waals surface area contributed by atoms with Crippen molar-refractivity contribution in [1.82, 2.24) is 9.78 Å². The first-order valence-electron chi connectivity index (χ1n) is 8.35. The fourth-order valence-corrected chi connectivity index (χ4v) is 3.24. The summed E-state index contributed by atoms with van der Waals surface area (Å²) < 4.78 is 20.8. The molecule has 3 rings (SSSR count). The molecule has 0 aliphatic heterocycles. The summed E-state index contributed by atoms with van der Waals surface area (Å²) >= 11 is 12.4. The van der Waals surface area contributed by atoms with Gasteiger partial charge in [0.2, 0.25) is 0 Å². The Morgan fingerprint density at radius 3 is 2.48 bits per heavy atom. The van der Waals surface area contributed by atoms with Crippen LogP contribution in [-0.2, 0) is 12.0 Å². The Labute approximate surface area is 167 Å².